The van der Waals surface area contributed by atoms with E-state index in [4.69, 9.17) is 5.73 Å². The second-order valence-electron chi connectivity index (χ2n) is 3.02. The van der Waals surface area contributed by atoms with Gasteiger partial charge in [-0.25, -0.2) is 9.97 Å². The summed E-state index contributed by atoms with van der Waals surface area (Å²) in [6.45, 7) is 0. The molecule has 16 heavy (non-hydrogen) atoms. The summed E-state index contributed by atoms with van der Waals surface area (Å²) < 4.78 is 0. The van der Waals surface area contributed by atoms with Crippen LogP contribution < -0.4 is 5.73 Å². The van der Waals surface area contributed by atoms with Crippen LogP contribution in [0.2, 0.25) is 0 Å². The number of nitrogens with one attached hydrogen (secondary N) is 1. The Morgan fingerprint density at radius 1 is 0.938 bits per heavy atom. The fraction of sp³-hybridized carbons (Fsp3) is 0. The molecule has 2 aromatic heterocycles. The van der Waals surface area contributed by atoms with Crippen molar-refractivity contribution in [3.63, 3.8) is 0 Å². The molecule has 0 fully saturated rings. The molecule has 0 aliphatic rings. The SMILES string of the molecule is Nc1ncc2[nH]cnc2n1.c1ccccc1. The lowest BCUT2D eigenvalue weighted by molar-refractivity contribution is 1.22. The Hall–Kier alpha value is -2.43. The third-order valence-electron chi connectivity index (χ3n) is 1.86. The number of nitrogens with two attached hydrogens (primary N) is 1. The van der Waals surface area contributed by atoms with E-state index in [0.717, 1.165) is 5.52 Å². The van der Waals surface area contributed by atoms with Crippen molar-refractivity contribution >= 4 is 17.1 Å². The van der Waals surface area contributed by atoms with Crippen LogP contribution in [0.3, 0.4) is 0 Å². The number of hydrogen-bond donors (Lipinski definition) is 2. The van der Waals surface area contributed by atoms with Crippen LogP contribution in [0.15, 0.2) is 48.9 Å². The van der Waals surface area contributed by atoms with Gasteiger partial charge in [0.2, 0.25) is 5.95 Å². The van der Waals surface area contributed by atoms with Gasteiger partial charge in [0.05, 0.1) is 12.5 Å². The number of H-pyrrole nitrogens is 1. The van der Waals surface area contributed by atoms with Crippen LogP contribution in [-0.4, -0.2) is 19.9 Å². The van der Waals surface area contributed by atoms with Crippen molar-refractivity contribution in [3.05, 3.63) is 48.9 Å². The Kier molecular flexibility index (Phi) is 3.08. The lowest BCUT2D eigenvalue weighted by Crippen LogP contribution is -1.93. The minimum Gasteiger partial charge on any atom is -0.368 e. The summed E-state index contributed by atoms with van der Waals surface area (Å²) in [4.78, 5) is 14.4. The lowest BCUT2D eigenvalue weighted by atomic mass is 10.4. The number of anilines is 1. The van der Waals surface area contributed by atoms with Gasteiger partial charge in [-0.15, -0.1) is 0 Å². The highest BCUT2D eigenvalue weighted by Gasteiger charge is 1.95. The first-order valence-corrected chi connectivity index (χ1v) is 4.78. The molecular weight excluding hydrogens is 202 g/mol. The maximum absolute atomic E-state index is 5.31. The van der Waals surface area contributed by atoms with E-state index in [1.807, 2.05) is 36.4 Å². The Morgan fingerprint density at radius 2 is 1.56 bits per heavy atom. The van der Waals surface area contributed by atoms with E-state index in [2.05, 4.69) is 19.9 Å². The van der Waals surface area contributed by atoms with Gasteiger partial charge in [0.15, 0.2) is 5.65 Å². The first-order valence-electron chi connectivity index (χ1n) is 4.78. The molecule has 3 rings (SSSR count). The number of benzene rings is 1. The van der Waals surface area contributed by atoms with Crippen molar-refractivity contribution in [2.75, 3.05) is 5.73 Å². The molecule has 0 aliphatic heterocycles. The number of hydrogen-bond acceptors (Lipinski definition) is 4. The molecule has 0 saturated carbocycles. The summed E-state index contributed by atoms with van der Waals surface area (Å²) in [7, 11) is 0. The van der Waals surface area contributed by atoms with Crippen molar-refractivity contribution in [2.45, 2.75) is 0 Å². The summed E-state index contributed by atoms with van der Waals surface area (Å²) in [6.07, 6.45) is 3.16. The summed E-state index contributed by atoms with van der Waals surface area (Å²) in [5.41, 5.74) is 6.71. The number of aromatic amines is 1. The van der Waals surface area contributed by atoms with E-state index in [9.17, 15) is 0 Å². The van der Waals surface area contributed by atoms with E-state index in [-0.39, 0.29) is 5.95 Å². The molecule has 0 saturated heterocycles. The number of rotatable bonds is 0. The van der Waals surface area contributed by atoms with Crippen molar-refractivity contribution in [1.82, 2.24) is 19.9 Å². The molecule has 1 aromatic carbocycles. The molecule has 5 nitrogen and oxygen atoms in total. The van der Waals surface area contributed by atoms with Crippen LogP contribution >= 0.6 is 0 Å². The maximum Gasteiger partial charge on any atom is 0.222 e. The zero-order chi connectivity index (χ0) is 11.2. The van der Waals surface area contributed by atoms with Crippen molar-refractivity contribution in [2.24, 2.45) is 0 Å². The largest absolute Gasteiger partial charge is 0.368 e. The molecule has 0 unspecified atom stereocenters. The smallest absolute Gasteiger partial charge is 0.222 e. The Labute approximate surface area is 92.4 Å². The van der Waals surface area contributed by atoms with Crippen LogP contribution in [0.4, 0.5) is 5.95 Å². The molecule has 0 spiro atoms. The second kappa shape index (κ2) is 4.88. The second-order valence-corrected chi connectivity index (χ2v) is 3.02. The fourth-order valence-electron chi connectivity index (χ4n) is 1.13. The van der Waals surface area contributed by atoms with Crippen molar-refractivity contribution in [1.29, 1.82) is 0 Å². The van der Waals surface area contributed by atoms with Gasteiger partial charge in [-0.05, 0) is 0 Å². The third-order valence-corrected chi connectivity index (χ3v) is 1.86. The molecule has 80 valence electrons. The molecule has 3 N–H and O–H groups in total. The van der Waals surface area contributed by atoms with Crippen LogP contribution in [0.1, 0.15) is 0 Å². The quantitative estimate of drug-likeness (QED) is 0.594. The van der Waals surface area contributed by atoms with Crippen LogP contribution in [0.5, 0.6) is 0 Å². The maximum atomic E-state index is 5.31. The molecule has 2 heterocycles. The Balaban J connectivity index is 0.000000138. The van der Waals surface area contributed by atoms with Crippen LogP contribution in [-0.2, 0) is 0 Å². The lowest BCUT2D eigenvalue weighted by Gasteiger charge is -1.87. The molecule has 5 heteroatoms. The van der Waals surface area contributed by atoms with Crippen molar-refractivity contribution in [3.8, 4) is 0 Å². The first kappa shape index (κ1) is 10.1. The topological polar surface area (TPSA) is 80.5 Å². The van der Waals surface area contributed by atoms with E-state index in [1.54, 1.807) is 12.5 Å². The van der Waals surface area contributed by atoms with E-state index < -0.39 is 0 Å². The standard InChI is InChI=1S/C6H6.C5H5N5/c1-2-4-6-5-3-1;6-5-7-1-3-4(10-5)9-2-8-3/h1-6H;1-2H,(H3,6,7,8,9,10). The zero-order valence-electron chi connectivity index (χ0n) is 8.54. The first-order chi connectivity index (χ1) is 7.86. The molecule has 3 aromatic rings. The molecule has 0 bridgehead atoms. The number of nitrogens with zero attached hydrogens (tertiary/aromatic N) is 3. The number of imidazole rings is 1. The molecule has 0 aliphatic carbocycles. The average molecular weight is 213 g/mol. The van der Waals surface area contributed by atoms with Crippen LogP contribution in [0, 0.1) is 0 Å². The highest BCUT2D eigenvalue weighted by atomic mass is 15.1. The normalized spacial score (nSPS) is 9.50. The predicted octanol–water partition coefficient (Wildman–Crippen LogP) is 1.62. The summed E-state index contributed by atoms with van der Waals surface area (Å²) in [5, 5.41) is 0. The number of nitrogen functional groups attached to an aromatic ring is 1. The van der Waals surface area contributed by atoms with Gasteiger partial charge in [0.1, 0.15) is 5.52 Å². The Morgan fingerprint density at radius 3 is 2.19 bits per heavy atom. The van der Waals surface area contributed by atoms with E-state index in [0.29, 0.717) is 5.65 Å². The van der Waals surface area contributed by atoms with Gasteiger partial charge in [-0.2, -0.15) is 4.98 Å². The van der Waals surface area contributed by atoms with Gasteiger partial charge in [0.25, 0.3) is 0 Å². The van der Waals surface area contributed by atoms with Gasteiger partial charge < -0.3 is 10.7 Å². The molecule has 0 radical (unpaired) electrons. The Bertz CT molecular complexity index is 520. The van der Waals surface area contributed by atoms with Crippen molar-refractivity contribution < 1.29 is 0 Å². The summed E-state index contributed by atoms with van der Waals surface area (Å²) in [5.74, 6) is 0.250. The monoisotopic (exact) mass is 213 g/mol. The van der Waals surface area contributed by atoms with Gasteiger partial charge in [-0.1, -0.05) is 36.4 Å². The molecular formula is C11H11N5. The highest BCUT2D eigenvalue weighted by Crippen LogP contribution is 2.03. The van der Waals surface area contributed by atoms with E-state index >= 15 is 0 Å². The zero-order valence-corrected chi connectivity index (χ0v) is 8.54. The third kappa shape index (κ3) is 2.54. The minimum atomic E-state index is 0.250. The van der Waals surface area contributed by atoms with Gasteiger partial charge in [0, 0.05) is 0 Å². The number of fused-ring (bicyclic) bond motifs is 1. The van der Waals surface area contributed by atoms with Crippen LogP contribution in [0.25, 0.3) is 11.2 Å². The van der Waals surface area contributed by atoms with Gasteiger partial charge in [-0.3, -0.25) is 0 Å². The summed E-state index contributed by atoms with van der Waals surface area (Å²) in [6, 6.07) is 12.0. The molecule has 0 amide bonds. The summed E-state index contributed by atoms with van der Waals surface area (Å²) >= 11 is 0. The predicted molar refractivity (Wildman–Crippen MR) is 62.5 cm³/mol. The minimum absolute atomic E-state index is 0.250. The fourth-order valence-corrected chi connectivity index (χ4v) is 1.13. The number of aromatic nitrogens is 4. The highest BCUT2D eigenvalue weighted by molar-refractivity contribution is 5.69. The average Bonchev–Trinajstić information content (AvgIpc) is 2.79. The van der Waals surface area contributed by atoms with Gasteiger partial charge >= 0.3 is 0 Å². The van der Waals surface area contributed by atoms with E-state index in [1.165, 1.54) is 0 Å². The molecule has 0 atom stereocenters.